The maximum Gasteiger partial charge on any atom is 0.303 e. The fraction of sp³-hybridized carbons (Fsp3) is 0.462. The molecule has 1 N–H and O–H groups in total. The summed E-state index contributed by atoms with van der Waals surface area (Å²) in [5.74, 6) is -0.128. The molecule has 0 radical (unpaired) electrons. The van der Waals surface area contributed by atoms with Crippen LogP contribution in [-0.2, 0) is 4.79 Å². The smallest absolute Gasteiger partial charge is 0.303 e. The molecule has 1 aliphatic carbocycles. The Hall–Kier alpha value is -1.02. The van der Waals surface area contributed by atoms with E-state index in [1.54, 1.807) is 0 Å². The molecule has 1 saturated carbocycles. The summed E-state index contributed by atoms with van der Waals surface area (Å²) in [5.41, 5.74) is 2.43. The minimum Gasteiger partial charge on any atom is -0.481 e. The second kappa shape index (κ2) is 4.88. The van der Waals surface area contributed by atoms with Crippen molar-refractivity contribution in [3.63, 3.8) is 0 Å². The number of aliphatic carboxylic acids is 1. The van der Waals surface area contributed by atoms with Crippen molar-refractivity contribution in [3.05, 3.63) is 35.4 Å². The summed E-state index contributed by atoms with van der Waals surface area (Å²) in [6, 6.07) is 8.13. The van der Waals surface area contributed by atoms with E-state index in [0.29, 0.717) is 12.3 Å². The van der Waals surface area contributed by atoms with E-state index < -0.39 is 5.97 Å². The molecule has 1 fully saturated rings. The van der Waals surface area contributed by atoms with Crippen LogP contribution in [0.1, 0.15) is 48.1 Å². The Bertz CT molecular complexity index is 385. The van der Waals surface area contributed by atoms with Gasteiger partial charge in [0.1, 0.15) is 0 Å². The Labute approximate surface area is 100 Å². The molecule has 16 heavy (non-hydrogen) atoms. The number of benzene rings is 1. The number of carboxylic acid groups (broad SMARTS) is 1. The number of carboxylic acids is 1. The lowest BCUT2D eigenvalue weighted by molar-refractivity contribution is -0.137. The molecule has 0 amide bonds. The third-order valence-corrected chi connectivity index (χ3v) is 3.42. The van der Waals surface area contributed by atoms with E-state index in [1.165, 1.54) is 18.4 Å². The molecule has 2 nitrogen and oxygen atoms in total. The normalized spacial score (nSPS) is 17.1. The average molecular weight is 239 g/mol. The average Bonchev–Trinajstić information content (AvgIpc) is 3.09. The van der Waals surface area contributed by atoms with Crippen molar-refractivity contribution in [3.8, 4) is 0 Å². The largest absolute Gasteiger partial charge is 0.481 e. The van der Waals surface area contributed by atoms with Crippen LogP contribution in [0.3, 0.4) is 0 Å². The molecule has 1 aromatic rings. The molecule has 0 spiro atoms. The van der Waals surface area contributed by atoms with Gasteiger partial charge >= 0.3 is 5.97 Å². The number of alkyl halides is 1. The van der Waals surface area contributed by atoms with Crippen molar-refractivity contribution in [2.45, 2.75) is 37.0 Å². The van der Waals surface area contributed by atoms with E-state index in [9.17, 15) is 4.79 Å². The lowest BCUT2D eigenvalue weighted by atomic mass is 9.98. The Morgan fingerprint density at radius 2 is 2.12 bits per heavy atom. The summed E-state index contributed by atoms with van der Waals surface area (Å²) < 4.78 is 0. The molecule has 86 valence electrons. The second-order valence-electron chi connectivity index (χ2n) is 4.30. The summed E-state index contributed by atoms with van der Waals surface area (Å²) in [6.07, 6.45) is 3.10. The van der Waals surface area contributed by atoms with Crippen LogP contribution in [-0.4, -0.2) is 11.1 Å². The van der Waals surface area contributed by atoms with Crippen LogP contribution in [0.4, 0.5) is 0 Å². The van der Waals surface area contributed by atoms with Crippen molar-refractivity contribution in [2.24, 2.45) is 0 Å². The molecule has 1 aliphatic rings. The highest BCUT2D eigenvalue weighted by molar-refractivity contribution is 6.21. The minimum absolute atomic E-state index is 0.132. The van der Waals surface area contributed by atoms with Crippen molar-refractivity contribution in [1.29, 1.82) is 0 Å². The lowest BCUT2D eigenvalue weighted by Gasteiger charge is -2.13. The van der Waals surface area contributed by atoms with Gasteiger partial charge in [-0.25, -0.2) is 0 Å². The summed E-state index contributed by atoms with van der Waals surface area (Å²) in [6.45, 7) is 0. The highest BCUT2D eigenvalue weighted by Crippen LogP contribution is 2.44. The molecule has 3 heteroatoms. The van der Waals surface area contributed by atoms with Crippen LogP contribution in [0.15, 0.2) is 24.3 Å². The number of rotatable bonds is 5. The third kappa shape index (κ3) is 2.76. The zero-order chi connectivity index (χ0) is 11.5. The summed E-state index contributed by atoms with van der Waals surface area (Å²) in [5, 5.41) is 8.47. The van der Waals surface area contributed by atoms with E-state index in [1.807, 2.05) is 18.2 Å². The molecule has 0 heterocycles. The maximum atomic E-state index is 10.5. The standard InChI is InChI=1S/C13H15ClO2/c14-12(7-8-13(15)16)11-4-2-1-3-10(11)9-5-6-9/h1-4,9,12H,5-8H2,(H,15,16). The highest BCUT2D eigenvalue weighted by Gasteiger charge is 2.27. The van der Waals surface area contributed by atoms with E-state index in [4.69, 9.17) is 16.7 Å². The van der Waals surface area contributed by atoms with E-state index in [-0.39, 0.29) is 11.8 Å². The number of carbonyl (C=O) groups is 1. The van der Waals surface area contributed by atoms with Crippen molar-refractivity contribution in [1.82, 2.24) is 0 Å². The van der Waals surface area contributed by atoms with Gasteiger partial charge in [0.2, 0.25) is 0 Å². The Balaban J connectivity index is 2.09. The van der Waals surface area contributed by atoms with Crippen molar-refractivity contribution >= 4 is 17.6 Å². The number of hydrogen-bond donors (Lipinski definition) is 1. The predicted molar refractivity (Wildman–Crippen MR) is 63.9 cm³/mol. The Morgan fingerprint density at radius 3 is 2.75 bits per heavy atom. The van der Waals surface area contributed by atoms with Crippen LogP contribution in [0.25, 0.3) is 0 Å². The molecule has 1 aromatic carbocycles. The molecule has 0 bridgehead atoms. The van der Waals surface area contributed by atoms with Gasteiger partial charge in [0.25, 0.3) is 0 Å². The van der Waals surface area contributed by atoms with Crippen LogP contribution >= 0.6 is 11.6 Å². The van der Waals surface area contributed by atoms with E-state index in [0.717, 1.165) is 5.56 Å². The van der Waals surface area contributed by atoms with Gasteiger partial charge in [-0.3, -0.25) is 4.79 Å². The molecule has 2 rings (SSSR count). The van der Waals surface area contributed by atoms with Gasteiger partial charge in [0, 0.05) is 6.42 Å². The van der Waals surface area contributed by atoms with Gasteiger partial charge in [0.15, 0.2) is 0 Å². The van der Waals surface area contributed by atoms with E-state index >= 15 is 0 Å². The third-order valence-electron chi connectivity index (χ3n) is 2.96. The predicted octanol–water partition coefficient (Wildman–Crippen LogP) is 3.71. The summed E-state index contributed by atoms with van der Waals surface area (Å²) in [7, 11) is 0. The van der Waals surface area contributed by atoms with Gasteiger partial charge in [0.05, 0.1) is 5.38 Å². The van der Waals surface area contributed by atoms with Crippen LogP contribution in [0.2, 0.25) is 0 Å². The molecule has 1 atom stereocenters. The number of halogens is 1. The molecule has 0 saturated heterocycles. The van der Waals surface area contributed by atoms with Gasteiger partial charge in [-0.05, 0) is 36.3 Å². The quantitative estimate of drug-likeness (QED) is 0.794. The maximum absolute atomic E-state index is 10.5. The molecular formula is C13H15ClO2. The Morgan fingerprint density at radius 1 is 1.44 bits per heavy atom. The zero-order valence-corrected chi connectivity index (χ0v) is 9.78. The van der Waals surface area contributed by atoms with Gasteiger partial charge in [-0.15, -0.1) is 11.6 Å². The first kappa shape index (κ1) is 11.5. The lowest BCUT2D eigenvalue weighted by Crippen LogP contribution is -2.00. The van der Waals surface area contributed by atoms with E-state index in [2.05, 4.69) is 6.07 Å². The first-order valence-corrected chi connectivity index (χ1v) is 6.07. The molecule has 0 aromatic heterocycles. The fourth-order valence-corrected chi connectivity index (χ4v) is 2.28. The topological polar surface area (TPSA) is 37.3 Å². The van der Waals surface area contributed by atoms with Crippen LogP contribution in [0.5, 0.6) is 0 Å². The highest BCUT2D eigenvalue weighted by atomic mass is 35.5. The summed E-state index contributed by atoms with van der Waals surface area (Å²) >= 11 is 6.26. The fourth-order valence-electron chi connectivity index (χ4n) is 1.97. The first-order chi connectivity index (χ1) is 7.68. The van der Waals surface area contributed by atoms with Gasteiger partial charge < -0.3 is 5.11 Å². The van der Waals surface area contributed by atoms with Crippen LogP contribution in [0, 0.1) is 0 Å². The molecule has 1 unspecified atom stereocenters. The second-order valence-corrected chi connectivity index (χ2v) is 4.83. The summed E-state index contributed by atoms with van der Waals surface area (Å²) in [4.78, 5) is 10.5. The van der Waals surface area contributed by atoms with Gasteiger partial charge in [-0.1, -0.05) is 24.3 Å². The van der Waals surface area contributed by atoms with Crippen molar-refractivity contribution < 1.29 is 9.90 Å². The SMILES string of the molecule is O=C(O)CCC(Cl)c1ccccc1C1CC1. The number of hydrogen-bond acceptors (Lipinski definition) is 1. The van der Waals surface area contributed by atoms with Gasteiger partial charge in [-0.2, -0.15) is 0 Å². The minimum atomic E-state index is -0.783. The monoisotopic (exact) mass is 238 g/mol. The molecular weight excluding hydrogens is 224 g/mol. The Kier molecular flexibility index (Phi) is 3.49. The van der Waals surface area contributed by atoms with Crippen LogP contribution < -0.4 is 0 Å². The zero-order valence-electron chi connectivity index (χ0n) is 9.03. The molecule has 0 aliphatic heterocycles. The first-order valence-electron chi connectivity index (χ1n) is 5.63. The van der Waals surface area contributed by atoms with Crippen molar-refractivity contribution in [2.75, 3.05) is 0 Å².